The summed E-state index contributed by atoms with van der Waals surface area (Å²) < 4.78 is 54.8. The molecule has 0 radical (unpaired) electrons. The molecule has 3 amide bonds. The quantitative estimate of drug-likeness (QED) is 0.685. The first-order chi connectivity index (χ1) is 15.1. The number of nitrogens with zero attached hydrogens (tertiary/aromatic N) is 1. The highest BCUT2D eigenvalue weighted by Gasteiger charge is 2.57. The van der Waals surface area contributed by atoms with Gasteiger partial charge in [-0.05, 0) is 37.3 Å². The van der Waals surface area contributed by atoms with Crippen LogP contribution in [0, 0.1) is 5.92 Å². The lowest BCUT2D eigenvalue weighted by molar-refractivity contribution is -0.139. The Morgan fingerprint density at radius 1 is 1.48 bits per heavy atom. The summed E-state index contributed by atoms with van der Waals surface area (Å²) in [5.74, 6) is -2.36. The Kier molecular flexibility index (Phi) is 3.82. The molecule has 4 N–H and O–H groups in total. The summed E-state index contributed by atoms with van der Waals surface area (Å²) in [7, 11) is 0. The lowest BCUT2D eigenvalue weighted by Gasteiger charge is -2.28. The number of likely N-dealkylation sites (tertiary alicyclic amines) is 1. The topological polar surface area (TPSA) is 105 Å². The first-order valence-electron chi connectivity index (χ1n) is 11.9. The van der Waals surface area contributed by atoms with E-state index < -0.39 is 66.4 Å². The Balaban J connectivity index is 0.00000408. The van der Waals surface area contributed by atoms with Crippen LogP contribution >= 0.6 is 12.4 Å². The van der Waals surface area contributed by atoms with Gasteiger partial charge in [0.2, 0.25) is 17.7 Å². The summed E-state index contributed by atoms with van der Waals surface area (Å²) in [6.07, 6.45) is -0.133. The van der Waals surface area contributed by atoms with Crippen molar-refractivity contribution in [3.63, 3.8) is 0 Å². The molecule has 0 saturated carbocycles. The summed E-state index contributed by atoms with van der Waals surface area (Å²) in [6, 6.07) is -4.38. The molecule has 7 nitrogen and oxygen atoms in total. The van der Waals surface area contributed by atoms with Crippen LogP contribution in [0.1, 0.15) is 41.8 Å². The summed E-state index contributed by atoms with van der Waals surface area (Å²) in [4.78, 5) is 39.9. The van der Waals surface area contributed by atoms with Crippen LogP contribution in [0.5, 0.6) is 0 Å². The minimum absolute atomic E-state index is 0. The predicted octanol–water partition coefficient (Wildman–Crippen LogP) is 1.02. The number of amides is 3. The second kappa shape index (κ2) is 7.86. The number of hydrogen-bond acceptors (Lipinski definition) is 4. The Hall–Kier alpha value is -2.12. The second-order valence-corrected chi connectivity index (χ2v) is 7.20. The van der Waals surface area contributed by atoms with Crippen molar-refractivity contribution in [2.45, 2.75) is 44.2 Å². The minimum Gasteiger partial charge on any atom is -0.368 e. The first kappa shape index (κ1) is 13.1. The maximum Gasteiger partial charge on any atom is 0.240 e. The molecule has 1 saturated heterocycles. The maximum atomic E-state index is 13.4. The second-order valence-electron chi connectivity index (χ2n) is 7.20. The van der Waals surface area contributed by atoms with E-state index in [-0.39, 0.29) is 49.0 Å². The van der Waals surface area contributed by atoms with Crippen LogP contribution in [0.25, 0.3) is 0 Å². The number of likely N-dealkylation sites (N-methyl/N-ethyl adjacent to an activating group) is 1. The van der Waals surface area contributed by atoms with Crippen LogP contribution in [0.4, 0.5) is 5.69 Å². The highest BCUT2D eigenvalue weighted by molar-refractivity contribution is 6.08. The van der Waals surface area contributed by atoms with Crippen molar-refractivity contribution in [3.05, 3.63) is 29.7 Å². The molecular formula is C19H27ClN4O3. The van der Waals surface area contributed by atoms with Gasteiger partial charge in [0.1, 0.15) is 6.04 Å². The van der Waals surface area contributed by atoms with Crippen LogP contribution in [-0.2, 0) is 19.8 Å². The van der Waals surface area contributed by atoms with Gasteiger partial charge in [0.25, 0.3) is 0 Å². The zero-order valence-electron chi connectivity index (χ0n) is 22.0. The van der Waals surface area contributed by atoms with E-state index in [1.165, 1.54) is 0 Å². The number of carbonyl (C=O) groups excluding carboxylic acids is 3. The van der Waals surface area contributed by atoms with E-state index >= 15 is 0 Å². The van der Waals surface area contributed by atoms with Crippen molar-refractivity contribution >= 4 is 35.8 Å². The van der Waals surface area contributed by atoms with Crippen molar-refractivity contribution in [1.82, 2.24) is 10.2 Å². The van der Waals surface area contributed by atoms with Gasteiger partial charge in [0.05, 0.1) is 16.9 Å². The largest absolute Gasteiger partial charge is 0.368 e. The molecule has 1 aromatic rings. The number of primary amides is 1. The van der Waals surface area contributed by atoms with E-state index in [9.17, 15) is 14.4 Å². The van der Waals surface area contributed by atoms with Crippen molar-refractivity contribution in [3.8, 4) is 0 Å². The van der Waals surface area contributed by atoms with Gasteiger partial charge < -0.3 is 21.3 Å². The molecule has 2 heterocycles. The molecule has 3 rings (SSSR count). The zero-order chi connectivity index (χ0) is 25.0. The van der Waals surface area contributed by atoms with Crippen LogP contribution in [0.3, 0.4) is 0 Å². The lowest BCUT2D eigenvalue weighted by Crippen LogP contribution is -2.51. The third-order valence-corrected chi connectivity index (χ3v) is 4.99. The van der Waals surface area contributed by atoms with E-state index in [1.54, 1.807) is 13.8 Å². The molecule has 2 aliphatic rings. The maximum absolute atomic E-state index is 13.4. The number of hydrogen-bond donors (Lipinski definition) is 3. The SMILES string of the molecule is Cl.[2H]c1c([2H])c([2H])c2c(c1[2H])NC(=O)[C@]21C[C@@H](C(N)=O)N(C(=O)[C@H](CC(C)C)NC([2H])([2H])[2H])C1. The van der Waals surface area contributed by atoms with E-state index in [0.717, 1.165) is 4.90 Å². The molecule has 27 heavy (non-hydrogen) atoms. The van der Waals surface area contributed by atoms with E-state index in [0.29, 0.717) is 0 Å². The fourth-order valence-corrected chi connectivity index (χ4v) is 3.74. The number of nitrogens with one attached hydrogen (secondary N) is 2. The number of carbonyl (C=O) groups is 3. The van der Waals surface area contributed by atoms with Gasteiger partial charge in [-0.3, -0.25) is 14.4 Å². The Bertz CT molecular complexity index is 1040. The molecule has 1 fully saturated rings. The van der Waals surface area contributed by atoms with Crippen molar-refractivity contribution in [2.24, 2.45) is 11.7 Å². The van der Waals surface area contributed by atoms with Crippen LogP contribution < -0.4 is 16.4 Å². The average molecular weight is 402 g/mol. The highest BCUT2D eigenvalue weighted by atomic mass is 35.5. The Morgan fingerprint density at radius 3 is 2.81 bits per heavy atom. The Morgan fingerprint density at radius 2 is 2.19 bits per heavy atom. The summed E-state index contributed by atoms with van der Waals surface area (Å²) in [5, 5.41) is 4.78. The van der Waals surface area contributed by atoms with Crippen LogP contribution in [0.15, 0.2) is 24.2 Å². The number of anilines is 1. The third kappa shape index (κ3) is 3.53. The number of nitrogens with two attached hydrogens (primary N) is 1. The number of benzene rings is 1. The van der Waals surface area contributed by atoms with Gasteiger partial charge >= 0.3 is 0 Å². The Labute approximate surface area is 175 Å². The third-order valence-electron chi connectivity index (χ3n) is 4.99. The van der Waals surface area contributed by atoms with Gasteiger partial charge in [-0.25, -0.2) is 0 Å². The van der Waals surface area contributed by atoms with E-state index in [4.69, 9.17) is 15.3 Å². The number of fused-ring (bicyclic) bond motifs is 2. The van der Waals surface area contributed by atoms with Gasteiger partial charge in [-0.1, -0.05) is 32.0 Å². The van der Waals surface area contributed by atoms with E-state index in [2.05, 4.69) is 10.6 Å². The normalized spacial score (nSPS) is 28.7. The number of rotatable bonds is 5. The van der Waals surface area contributed by atoms with E-state index in [1.807, 2.05) is 0 Å². The van der Waals surface area contributed by atoms with Crippen molar-refractivity contribution in [2.75, 3.05) is 18.8 Å². The van der Waals surface area contributed by atoms with Gasteiger partial charge in [-0.15, -0.1) is 12.4 Å². The molecule has 1 aromatic carbocycles. The lowest BCUT2D eigenvalue weighted by atomic mass is 9.79. The molecule has 0 aromatic heterocycles. The molecule has 148 valence electrons. The molecule has 8 heteroatoms. The van der Waals surface area contributed by atoms with Crippen LogP contribution in [0.2, 0.25) is 0 Å². The molecule has 1 spiro atoms. The van der Waals surface area contributed by atoms with Gasteiger partial charge in [-0.2, -0.15) is 0 Å². The molecule has 3 atom stereocenters. The van der Waals surface area contributed by atoms with Gasteiger partial charge in [0.15, 0.2) is 0 Å². The standard InChI is InChI=1S/C19H26N4O3.ClH/c1-11(2)8-14(21-3)17(25)23-10-19(9-15(23)16(20)24)12-6-4-5-7-13(12)22-18(19)26;/h4-7,11,14-15,21H,8-10H2,1-3H3,(H2,20,24)(H,22,26);1H/t14-,15-,19-;/m0./s1/i3D3,4D,5D,6D,7D;. The van der Waals surface area contributed by atoms with Crippen molar-refractivity contribution in [1.29, 1.82) is 0 Å². The number of para-hydroxylation sites is 1. The van der Waals surface area contributed by atoms with Crippen LogP contribution in [-0.4, -0.2) is 48.2 Å². The smallest absolute Gasteiger partial charge is 0.240 e. The fraction of sp³-hybridized carbons (Fsp3) is 0.526. The average Bonchev–Trinajstić information content (AvgIpc) is 3.22. The molecular weight excluding hydrogens is 368 g/mol. The van der Waals surface area contributed by atoms with Gasteiger partial charge in [0, 0.05) is 16.3 Å². The molecule has 0 aliphatic carbocycles. The summed E-state index contributed by atoms with van der Waals surface area (Å²) in [6.45, 7) is 0.591. The fourth-order valence-electron chi connectivity index (χ4n) is 3.74. The highest BCUT2D eigenvalue weighted by Crippen LogP contribution is 2.46. The molecule has 2 aliphatic heterocycles. The minimum atomic E-state index is -2.63. The first-order valence-corrected chi connectivity index (χ1v) is 8.40. The summed E-state index contributed by atoms with van der Waals surface area (Å²) >= 11 is 0. The van der Waals surface area contributed by atoms with Crippen molar-refractivity contribution < 1.29 is 24.0 Å². The zero-order valence-corrected chi connectivity index (χ0v) is 15.8. The molecule has 0 unspecified atom stereocenters. The summed E-state index contributed by atoms with van der Waals surface area (Å²) in [5.41, 5.74) is 3.81. The monoisotopic (exact) mass is 401 g/mol. The molecule has 0 bridgehead atoms. The number of halogens is 1. The predicted molar refractivity (Wildman–Crippen MR) is 106 cm³/mol.